The van der Waals surface area contributed by atoms with E-state index in [1.54, 1.807) is 36.4 Å². The van der Waals surface area contributed by atoms with Crippen molar-refractivity contribution in [1.29, 1.82) is 0 Å². The number of halogens is 2. The van der Waals surface area contributed by atoms with Gasteiger partial charge in [0.15, 0.2) is 0 Å². The number of aliphatic hydroxyl groups is 1. The number of likely N-dealkylation sites (tertiary alicyclic amines) is 1. The number of ketones is 1. The molecule has 8 heteroatoms. The number of ether oxygens (including phenoxy) is 2. The highest BCUT2D eigenvalue weighted by Crippen LogP contribution is 2.43. The molecular formula is C26H21ClFNO5. The maximum absolute atomic E-state index is 13.4. The molecule has 0 spiro atoms. The quantitative estimate of drug-likeness (QED) is 0.300. The zero-order valence-corrected chi connectivity index (χ0v) is 19.2. The molecule has 1 saturated heterocycles. The van der Waals surface area contributed by atoms with Crippen LogP contribution in [0.2, 0.25) is 5.02 Å². The van der Waals surface area contributed by atoms with Crippen molar-refractivity contribution in [2.75, 3.05) is 14.2 Å². The number of Topliss-reactive ketones (excluding diaryl/α,β-unsaturated/α-hetero) is 1. The second kappa shape index (κ2) is 9.57. The fourth-order valence-electron chi connectivity index (χ4n) is 4.00. The van der Waals surface area contributed by atoms with Crippen LogP contribution in [-0.4, -0.2) is 35.9 Å². The molecule has 3 aromatic carbocycles. The summed E-state index contributed by atoms with van der Waals surface area (Å²) in [6.07, 6.45) is 0. The molecule has 34 heavy (non-hydrogen) atoms. The number of hydrogen-bond donors (Lipinski definition) is 1. The molecule has 1 N–H and O–H groups in total. The van der Waals surface area contributed by atoms with E-state index in [-0.39, 0.29) is 34.2 Å². The van der Waals surface area contributed by atoms with Gasteiger partial charge in [0.25, 0.3) is 11.7 Å². The number of nitrogens with zero attached hydrogens (tertiary/aromatic N) is 1. The zero-order chi connectivity index (χ0) is 24.4. The van der Waals surface area contributed by atoms with Crippen molar-refractivity contribution in [2.45, 2.75) is 12.6 Å². The van der Waals surface area contributed by atoms with Gasteiger partial charge in [-0.05, 0) is 29.3 Å². The topological polar surface area (TPSA) is 76.1 Å². The van der Waals surface area contributed by atoms with Crippen molar-refractivity contribution in [3.8, 4) is 11.5 Å². The van der Waals surface area contributed by atoms with Gasteiger partial charge in [-0.2, -0.15) is 0 Å². The number of benzene rings is 3. The van der Waals surface area contributed by atoms with E-state index >= 15 is 0 Å². The average molecular weight is 482 g/mol. The molecule has 0 radical (unpaired) electrons. The van der Waals surface area contributed by atoms with E-state index in [9.17, 15) is 19.1 Å². The summed E-state index contributed by atoms with van der Waals surface area (Å²) in [5.41, 5.74) is 1.32. The predicted octanol–water partition coefficient (Wildman–Crippen LogP) is 5.12. The zero-order valence-electron chi connectivity index (χ0n) is 18.4. The van der Waals surface area contributed by atoms with Gasteiger partial charge in [0.2, 0.25) is 0 Å². The van der Waals surface area contributed by atoms with Crippen LogP contribution in [0, 0.1) is 5.82 Å². The lowest BCUT2D eigenvalue weighted by Gasteiger charge is -2.25. The van der Waals surface area contributed by atoms with Crippen molar-refractivity contribution in [1.82, 2.24) is 4.90 Å². The highest BCUT2D eigenvalue weighted by Gasteiger charge is 2.46. The van der Waals surface area contributed by atoms with Gasteiger partial charge in [-0.15, -0.1) is 0 Å². The molecule has 1 aliphatic rings. The van der Waals surface area contributed by atoms with E-state index in [1.165, 1.54) is 43.4 Å². The lowest BCUT2D eigenvalue weighted by atomic mass is 9.94. The molecular weight excluding hydrogens is 461 g/mol. The summed E-state index contributed by atoms with van der Waals surface area (Å²) in [6, 6.07) is 16.6. The van der Waals surface area contributed by atoms with E-state index in [0.29, 0.717) is 11.1 Å². The first-order valence-corrected chi connectivity index (χ1v) is 10.7. The third-order valence-electron chi connectivity index (χ3n) is 5.65. The maximum atomic E-state index is 13.4. The Bertz CT molecular complexity index is 1270. The summed E-state index contributed by atoms with van der Waals surface area (Å²) in [4.78, 5) is 27.7. The van der Waals surface area contributed by atoms with E-state index in [4.69, 9.17) is 21.1 Å². The molecule has 0 bridgehead atoms. The third-order valence-corrected chi connectivity index (χ3v) is 5.95. The molecule has 1 fully saturated rings. The molecule has 4 rings (SSSR count). The Balaban J connectivity index is 1.90. The van der Waals surface area contributed by atoms with Crippen molar-refractivity contribution in [3.05, 3.63) is 99.8 Å². The molecule has 1 aliphatic heterocycles. The van der Waals surface area contributed by atoms with Crippen LogP contribution in [0.1, 0.15) is 22.7 Å². The van der Waals surface area contributed by atoms with E-state index in [2.05, 4.69) is 0 Å². The Hall–Kier alpha value is -3.84. The SMILES string of the molecule is COc1cc(/C(O)=C2\C(=O)C(=O)N(Cc3ccc(F)cc3)C2c2ccccc2)c(OC)cc1Cl. The monoisotopic (exact) mass is 481 g/mol. The molecule has 0 saturated carbocycles. The molecule has 0 aromatic heterocycles. The third kappa shape index (κ3) is 4.22. The fourth-order valence-corrected chi connectivity index (χ4v) is 4.23. The van der Waals surface area contributed by atoms with Crippen LogP contribution in [0.25, 0.3) is 5.76 Å². The second-order valence-electron chi connectivity index (χ2n) is 7.65. The first-order chi connectivity index (χ1) is 16.3. The van der Waals surface area contributed by atoms with E-state index in [0.717, 1.165) is 0 Å². The van der Waals surface area contributed by atoms with E-state index < -0.39 is 29.3 Å². The number of methoxy groups -OCH3 is 2. The second-order valence-corrected chi connectivity index (χ2v) is 8.06. The van der Waals surface area contributed by atoms with Crippen LogP contribution < -0.4 is 9.47 Å². The summed E-state index contributed by atoms with van der Waals surface area (Å²) >= 11 is 6.19. The number of hydrogen-bond acceptors (Lipinski definition) is 5. The largest absolute Gasteiger partial charge is 0.507 e. The number of carbonyl (C=O) groups excluding carboxylic acids is 2. The summed E-state index contributed by atoms with van der Waals surface area (Å²) in [7, 11) is 2.82. The van der Waals surface area contributed by atoms with Gasteiger partial charge >= 0.3 is 0 Å². The van der Waals surface area contributed by atoms with Crippen molar-refractivity contribution >= 4 is 29.1 Å². The van der Waals surface area contributed by atoms with Crippen LogP contribution in [-0.2, 0) is 16.1 Å². The van der Waals surface area contributed by atoms with Gasteiger partial charge in [-0.25, -0.2) is 4.39 Å². The molecule has 1 unspecified atom stereocenters. The number of carbonyl (C=O) groups is 2. The minimum atomic E-state index is -0.877. The van der Waals surface area contributed by atoms with Gasteiger partial charge in [-0.3, -0.25) is 9.59 Å². The maximum Gasteiger partial charge on any atom is 0.295 e. The smallest absolute Gasteiger partial charge is 0.295 e. The van der Waals surface area contributed by atoms with Crippen LogP contribution in [0.15, 0.2) is 72.3 Å². The Kier molecular flexibility index (Phi) is 6.56. The fraction of sp³-hybridized carbons (Fsp3) is 0.154. The van der Waals surface area contributed by atoms with Crippen LogP contribution in [0.4, 0.5) is 4.39 Å². The van der Waals surface area contributed by atoms with Crippen LogP contribution in [0.5, 0.6) is 11.5 Å². The Labute approximate surface area is 200 Å². The van der Waals surface area contributed by atoms with Crippen molar-refractivity contribution in [2.24, 2.45) is 0 Å². The summed E-state index contributed by atoms with van der Waals surface area (Å²) < 4.78 is 24.0. The number of aliphatic hydroxyl groups excluding tert-OH is 1. The highest BCUT2D eigenvalue weighted by molar-refractivity contribution is 6.46. The average Bonchev–Trinajstić information content (AvgIpc) is 3.10. The summed E-state index contributed by atoms with van der Waals surface area (Å²) in [5.74, 6) is -1.97. The molecule has 1 atom stereocenters. The normalized spacial score (nSPS) is 17.2. The Morgan fingerprint density at radius 3 is 2.26 bits per heavy atom. The van der Waals surface area contributed by atoms with Gasteiger partial charge in [0.1, 0.15) is 23.1 Å². The summed E-state index contributed by atoms with van der Waals surface area (Å²) in [6.45, 7) is 0.0439. The van der Waals surface area contributed by atoms with Crippen LogP contribution in [0.3, 0.4) is 0 Å². The Morgan fingerprint density at radius 2 is 1.65 bits per heavy atom. The van der Waals surface area contributed by atoms with E-state index in [1.807, 2.05) is 6.07 Å². The minimum absolute atomic E-state index is 0.0439. The first-order valence-electron chi connectivity index (χ1n) is 10.4. The lowest BCUT2D eigenvalue weighted by Crippen LogP contribution is -2.29. The molecule has 1 amide bonds. The summed E-state index contributed by atoms with van der Waals surface area (Å²) in [5, 5.41) is 11.6. The molecule has 6 nitrogen and oxygen atoms in total. The standard InChI is InChI=1S/C26H21ClFNO5/c1-33-20-13-19(27)21(34-2)12-18(20)24(30)22-23(16-6-4-3-5-7-16)29(26(32)25(22)31)14-15-8-10-17(28)11-9-15/h3-13,23,30H,14H2,1-2H3/b24-22+. The van der Waals surface area contributed by atoms with Gasteiger partial charge in [0, 0.05) is 12.6 Å². The van der Waals surface area contributed by atoms with Crippen LogP contribution >= 0.6 is 11.6 Å². The highest BCUT2D eigenvalue weighted by atomic mass is 35.5. The van der Waals surface area contributed by atoms with Gasteiger partial charge < -0.3 is 19.5 Å². The minimum Gasteiger partial charge on any atom is -0.507 e. The lowest BCUT2D eigenvalue weighted by molar-refractivity contribution is -0.140. The molecule has 0 aliphatic carbocycles. The van der Waals surface area contributed by atoms with Crippen molar-refractivity contribution in [3.63, 3.8) is 0 Å². The van der Waals surface area contributed by atoms with Crippen molar-refractivity contribution < 1.29 is 28.6 Å². The molecule has 3 aromatic rings. The molecule has 174 valence electrons. The first kappa shape index (κ1) is 23.3. The van der Waals surface area contributed by atoms with Gasteiger partial charge in [0.05, 0.1) is 36.4 Å². The van der Waals surface area contributed by atoms with Gasteiger partial charge in [-0.1, -0.05) is 54.1 Å². The number of amides is 1. The predicted molar refractivity (Wildman–Crippen MR) is 125 cm³/mol. The number of rotatable bonds is 6. The molecule has 1 heterocycles. The Morgan fingerprint density at radius 1 is 1.00 bits per heavy atom.